The third-order valence-corrected chi connectivity index (χ3v) is 0. The van der Waals surface area contributed by atoms with E-state index in [1.54, 1.807) is 0 Å². The van der Waals surface area contributed by atoms with E-state index in [1.165, 1.54) is 0 Å². The molecule has 0 rings (SSSR count). The minimum absolute atomic E-state index is 0. The summed E-state index contributed by atoms with van der Waals surface area (Å²) < 4.78 is 0. The molecular weight excluding hydrogens is 443 g/mol. The maximum absolute atomic E-state index is 8.25. The largest absolute Gasteiger partial charge is 3.00 e. The molecule has 0 bridgehead atoms. The molecule has 0 N–H and O–H groups in total. The van der Waals surface area contributed by atoms with Crippen LogP contribution in [0, 0.1) is 79.9 Å². The fourth-order valence-electron chi connectivity index (χ4n) is 0. The summed E-state index contributed by atoms with van der Waals surface area (Å²) >= 11 is 0. The summed E-state index contributed by atoms with van der Waals surface area (Å²) in [7, 11) is -1.50. The quantitative estimate of drug-likeness (QED) is 0.341. The molecule has 0 amide bonds. The summed E-state index contributed by atoms with van der Waals surface area (Å²) in [5.74, 6) is 0. The summed E-state index contributed by atoms with van der Waals surface area (Å²) in [6.07, 6.45) is 0. The number of hydrogen-bond donors (Lipinski definition) is 0. The molecule has 61 valence electrons. The van der Waals surface area contributed by atoms with Gasteiger partial charge in [0.2, 0.25) is 0 Å². The van der Waals surface area contributed by atoms with E-state index in [0.717, 1.165) is 0 Å². The van der Waals surface area contributed by atoms with Crippen molar-refractivity contribution in [1.82, 2.24) is 0 Å². The molecule has 11 heavy (non-hydrogen) atoms. The average Bonchev–Trinajstić information content (AvgIpc) is 1.70. The molecule has 0 aliphatic carbocycles. The second kappa shape index (κ2) is 54.0. The molecule has 6 nitrogen and oxygen atoms in total. The zero-order chi connectivity index (χ0) is 8.12. The monoisotopic (exact) mass is 445 g/mol. The number of rotatable bonds is 0. The van der Waals surface area contributed by atoms with E-state index in [2.05, 4.69) is 0 Å². The van der Waals surface area contributed by atoms with Crippen LogP contribution >= 0.6 is 0 Å². The molecular formula is B3Gd2O6. The Morgan fingerprint density at radius 2 is 0.455 bits per heavy atom. The molecule has 0 aromatic heterocycles. The van der Waals surface area contributed by atoms with Crippen molar-refractivity contribution >= 4 is 23.1 Å². The van der Waals surface area contributed by atoms with Gasteiger partial charge >= 0.3 is 79.9 Å². The van der Waals surface area contributed by atoms with Crippen LogP contribution in [0.4, 0.5) is 0 Å². The predicted octanol–water partition coefficient (Wildman–Crippen LogP) is -8.28. The van der Waals surface area contributed by atoms with E-state index >= 15 is 0 Å². The standard InChI is InChI=1S/3BO2.2Gd/c3*2-1-3;;/q3*-2;2*+3. The minimum atomic E-state index is -0.500. The van der Waals surface area contributed by atoms with Gasteiger partial charge in [0.25, 0.3) is 0 Å². The maximum Gasteiger partial charge on any atom is 3.00 e. The first-order valence-corrected chi connectivity index (χ1v) is 1.41. The van der Waals surface area contributed by atoms with Crippen LogP contribution in [-0.2, 0) is 0 Å². The minimum Gasteiger partial charge on any atom is -0.900 e. The Morgan fingerprint density at radius 3 is 0.455 bits per heavy atom. The van der Waals surface area contributed by atoms with Crippen molar-refractivity contribution in [2.45, 2.75) is 0 Å². The van der Waals surface area contributed by atoms with E-state index in [0.29, 0.717) is 0 Å². The van der Waals surface area contributed by atoms with Crippen molar-refractivity contribution in [3.8, 4) is 0 Å². The van der Waals surface area contributed by atoms with Gasteiger partial charge in [0.15, 0.2) is 0 Å². The third-order valence-electron chi connectivity index (χ3n) is 0. The molecule has 0 fully saturated rings. The van der Waals surface area contributed by atoms with E-state index in [4.69, 9.17) is 30.1 Å². The van der Waals surface area contributed by atoms with Gasteiger partial charge in [0.1, 0.15) is 0 Å². The fourth-order valence-corrected chi connectivity index (χ4v) is 0. The maximum atomic E-state index is 8.25. The molecule has 0 heterocycles. The predicted molar refractivity (Wildman–Crippen MR) is 17.3 cm³/mol. The fraction of sp³-hybridized carbons (Fsp3) is 0. The van der Waals surface area contributed by atoms with Crippen LogP contribution in [0.5, 0.6) is 0 Å². The SMILES string of the molecule is [Gd+3].[Gd+3].[O-][B][O-].[O-][B][O-].[O-][B][O-]. The Morgan fingerprint density at radius 1 is 0.455 bits per heavy atom. The van der Waals surface area contributed by atoms with Gasteiger partial charge in [-0.1, -0.05) is 0 Å². The summed E-state index contributed by atoms with van der Waals surface area (Å²) in [5.41, 5.74) is 0. The Kier molecular flexibility index (Phi) is 143. The van der Waals surface area contributed by atoms with E-state index in [-0.39, 0.29) is 79.9 Å². The first-order valence-electron chi connectivity index (χ1n) is 1.41. The van der Waals surface area contributed by atoms with E-state index in [1.807, 2.05) is 0 Å². The van der Waals surface area contributed by atoms with Gasteiger partial charge in [0, 0.05) is 0 Å². The molecule has 0 unspecified atom stereocenters. The Labute approximate surface area is 131 Å². The zero-order valence-corrected chi connectivity index (χ0v) is 9.43. The van der Waals surface area contributed by atoms with Crippen molar-refractivity contribution in [3.05, 3.63) is 0 Å². The normalized spacial score (nSPS) is 3.82. The van der Waals surface area contributed by atoms with Crippen LogP contribution in [-0.4, -0.2) is 23.1 Å². The molecule has 0 saturated carbocycles. The van der Waals surface area contributed by atoms with Gasteiger partial charge in [-0.2, -0.15) is 0 Å². The second-order valence-corrected chi connectivity index (χ2v) is 0.289. The van der Waals surface area contributed by atoms with Gasteiger partial charge in [0.05, 0.1) is 0 Å². The Hall–Kier alpha value is 2.60. The van der Waals surface area contributed by atoms with Crippen molar-refractivity contribution in [3.63, 3.8) is 0 Å². The van der Waals surface area contributed by atoms with Crippen LogP contribution in [0.25, 0.3) is 0 Å². The van der Waals surface area contributed by atoms with Crippen LogP contribution in [0.1, 0.15) is 0 Å². The molecule has 0 aliphatic rings. The topological polar surface area (TPSA) is 138 Å². The molecule has 0 aromatic rings. The number of hydrogen-bond acceptors (Lipinski definition) is 6. The Balaban J connectivity index is -0.0000000150. The van der Waals surface area contributed by atoms with Gasteiger partial charge < -0.3 is 30.1 Å². The zero-order valence-electron chi connectivity index (χ0n) is 4.89. The molecule has 0 atom stereocenters. The first-order chi connectivity index (χ1) is 4.24. The molecule has 0 aromatic carbocycles. The summed E-state index contributed by atoms with van der Waals surface area (Å²) in [6, 6.07) is 0. The first kappa shape index (κ1) is 29.2. The van der Waals surface area contributed by atoms with Crippen LogP contribution < -0.4 is 30.1 Å². The van der Waals surface area contributed by atoms with Crippen molar-refractivity contribution in [2.75, 3.05) is 0 Å². The summed E-state index contributed by atoms with van der Waals surface area (Å²) in [4.78, 5) is 0. The smallest absolute Gasteiger partial charge is 0.900 e. The Bertz CT molecular complexity index is 20.5. The molecule has 5 radical (unpaired) electrons. The molecule has 0 aliphatic heterocycles. The van der Waals surface area contributed by atoms with E-state index < -0.39 is 23.1 Å². The van der Waals surface area contributed by atoms with Crippen molar-refractivity contribution < 1.29 is 110 Å². The molecule has 0 saturated heterocycles. The van der Waals surface area contributed by atoms with Crippen LogP contribution in [0.15, 0.2) is 0 Å². The average molecular weight is 443 g/mol. The van der Waals surface area contributed by atoms with Gasteiger partial charge in [-0.3, -0.25) is 0 Å². The van der Waals surface area contributed by atoms with Crippen LogP contribution in [0.2, 0.25) is 0 Å². The van der Waals surface area contributed by atoms with Crippen molar-refractivity contribution in [1.29, 1.82) is 0 Å². The van der Waals surface area contributed by atoms with Gasteiger partial charge in [-0.15, -0.1) is 0 Å². The summed E-state index contributed by atoms with van der Waals surface area (Å²) in [6.45, 7) is 0. The second-order valence-electron chi connectivity index (χ2n) is 0.289. The summed E-state index contributed by atoms with van der Waals surface area (Å²) in [5, 5.41) is 49.5. The van der Waals surface area contributed by atoms with Crippen molar-refractivity contribution in [2.24, 2.45) is 0 Å². The van der Waals surface area contributed by atoms with Gasteiger partial charge in [-0.25, -0.2) is 23.1 Å². The molecule has 0 spiro atoms. The van der Waals surface area contributed by atoms with E-state index in [9.17, 15) is 0 Å². The third kappa shape index (κ3) is 209. The van der Waals surface area contributed by atoms with Gasteiger partial charge in [-0.05, 0) is 0 Å². The molecule has 11 heteroatoms. The van der Waals surface area contributed by atoms with Crippen LogP contribution in [0.3, 0.4) is 0 Å².